The second-order valence-electron chi connectivity index (χ2n) is 5.07. The summed E-state index contributed by atoms with van der Waals surface area (Å²) >= 11 is 6.14. The predicted octanol–water partition coefficient (Wildman–Crippen LogP) is 4.12. The Morgan fingerprint density at radius 1 is 1.20 bits per heavy atom. The number of nitro benzene ring substituents is 1. The molecule has 0 amide bonds. The minimum absolute atomic E-state index is 0. The van der Waals surface area contributed by atoms with Crippen molar-refractivity contribution in [1.82, 2.24) is 10.6 Å². The van der Waals surface area contributed by atoms with E-state index in [2.05, 4.69) is 15.6 Å². The third kappa shape index (κ3) is 6.87. The second-order valence-corrected chi connectivity index (χ2v) is 5.47. The summed E-state index contributed by atoms with van der Waals surface area (Å²) in [6, 6.07) is 14.1. The Morgan fingerprint density at radius 2 is 1.96 bits per heavy atom. The molecule has 0 saturated heterocycles. The van der Waals surface area contributed by atoms with Crippen molar-refractivity contribution in [3.05, 3.63) is 74.8 Å². The first kappa shape index (κ1) is 21.2. The second kappa shape index (κ2) is 10.9. The number of non-ortho nitro benzene ring substituents is 1. The number of halogens is 2. The Kier molecular flexibility index (Phi) is 9.22. The van der Waals surface area contributed by atoms with Crippen LogP contribution >= 0.6 is 35.6 Å². The molecule has 0 heterocycles. The van der Waals surface area contributed by atoms with Crippen LogP contribution < -0.4 is 10.6 Å². The molecule has 0 fully saturated rings. The highest BCUT2D eigenvalue weighted by molar-refractivity contribution is 14.0. The lowest BCUT2D eigenvalue weighted by Gasteiger charge is -2.12. The van der Waals surface area contributed by atoms with Crippen LogP contribution in [-0.4, -0.2) is 17.4 Å². The summed E-state index contributed by atoms with van der Waals surface area (Å²) in [6.07, 6.45) is 0. The van der Waals surface area contributed by atoms with Gasteiger partial charge in [0.05, 0.1) is 11.5 Å². The molecule has 6 nitrogen and oxygen atoms in total. The number of hydrogen-bond donors (Lipinski definition) is 2. The van der Waals surface area contributed by atoms with Crippen molar-refractivity contribution >= 4 is 47.2 Å². The Morgan fingerprint density at radius 3 is 2.64 bits per heavy atom. The van der Waals surface area contributed by atoms with Gasteiger partial charge < -0.3 is 10.6 Å². The quantitative estimate of drug-likeness (QED) is 0.217. The fourth-order valence-electron chi connectivity index (χ4n) is 2.10. The van der Waals surface area contributed by atoms with Crippen molar-refractivity contribution in [2.45, 2.75) is 20.0 Å². The molecule has 0 bridgehead atoms. The Labute approximate surface area is 168 Å². The molecule has 25 heavy (non-hydrogen) atoms. The highest BCUT2D eigenvalue weighted by Gasteiger charge is 2.06. The van der Waals surface area contributed by atoms with E-state index < -0.39 is 4.92 Å². The third-order valence-corrected chi connectivity index (χ3v) is 3.66. The van der Waals surface area contributed by atoms with Crippen LogP contribution in [-0.2, 0) is 13.1 Å². The number of aliphatic imine (C=N–C) groups is 1. The van der Waals surface area contributed by atoms with Crippen LogP contribution in [0, 0.1) is 10.1 Å². The number of nitrogens with one attached hydrogen (secondary N) is 2. The first-order valence-electron chi connectivity index (χ1n) is 7.59. The molecule has 2 aromatic rings. The number of benzene rings is 2. The van der Waals surface area contributed by atoms with Gasteiger partial charge in [0, 0.05) is 30.2 Å². The predicted molar refractivity (Wildman–Crippen MR) is 112 cm³/mol. The minimum atomic E-state index is -0.409. The molecule has 2 aromatic carbocycles. The van der Waals surface area contributed by atoms with Crippen molar-refractivity contribution in [2.24, 2.45) is 4.99 Å². The molecule has 0 aromatic heterocycles. The van der Waals surface area contributed by atoms with Gasteiger partial charge >= 0.3 is 0 Å². The maximum atomic E-state index is 10.8. The standard InChI is InChI=1S/C17H19ClN4O2.HI/c1-2-19-17(21-12-14-7-3-4-9-16(14)18)20-11-13-6-5-8-15(10-13)22(23)24;/h3-10H,2,11-12H2,1H3,(H2,19,20,21);1H. The zero-order chi connectivity index (χ0) is 17.4. The summed E-state index contributed by atoms with van der Waals surface area (Å²) in [4.78, 5) is 14.9. The van der Waals surface area contributed by atoms with E-state index in [9.17, 15) is 10.1 Å². The number of hydrogen-bond acceptors (Lipinski definition) is 3. The van der Waals surface area contributed by atoms with Crippen LogP contribution in [0.2, 0.25) is 5.02 Å². The Balaban J connectivity index is 0.00000312. The highest BCUT2D eigenvalue weighted by atomic mass is 127. The largest absolute Gasteiger partial charge is 0.357 e. The number of nitrogens with zero attached hydrogens (tertiary/aromatic N) is 2. The fraction of sp³-hybridized carbons (Fsp3) is 0.235. The normalized spacial score (nSPS) is 10.7. The molecule has 2 rings (SSSR count). The molecule has 2 N–H and O–H groups in total. The summed E-state index contributed by atoms with van der Waals surface area (Å²) in [6.45, 7) is 3.57. The van der Waals surface area contributed by atoms with Crippen LogP contribution in [0.15, 0.2) is 53.5 Å². The van der Waals surface area contributed by atoms with Crippen LogP contribution in [0.3, 0.4) is 0 Å². The lowest BCUT2D eigenvalue weighted by molar-refractivity contribution is -0.384. The Hall–Kier alpha value is -1.87. The summed E-state index contributed by atoms with van der Waals surface area (Å²) in [7, 11) is 0. The van der Waals surface area contributed by atoms with Gasteiger partial charge in [0.1, 0.15) is 0 Å². The van der Waals surface area contributed by atoms with Crippen molar-refractivity contribution in [1.29, 1.82) is 0 Å². The van der Waals surface area contributed by atoms with Crippen LogP contribution in [0.1, 0.15) is 18.1 Å². The van der Waals surface area contributed by atoms with Gasteiger partial charge in [-0.1, -0.05) is 41.9 Å². The van der Waals surface area contributed by atoms with Crippen LogP contribution in [0.4, 0.5) is 5.69 Å². The molecule has 0 atom stereocenters. The maximum absolute atomic E-state index is 10.8. The third-order valence-electron chi connectivity index (χ3n) is 3.29. The van der Waals surface area contributed by atoms with Crippen molar-refractivity contribution in [3.63, 3.8) is 0 Å². The van der Waals surface area contributed by atoms with E-state index in [1.165, 1.54) is 12.1 Å². The lowest BCUT2D eigenvalue weighted by atomic mass is 10.2. The molecule has 0 unspecified atom stereocenters. The first-order chi connectivity index (χ1) is 11.6. The zero-order valence-electron chi connectivity index (χ0n) is 13.7. The van der Waals surface area contributed by atoms with E-state index in [0.717, 1.165) is 11.1 Å². The maximum Gasteiger partial charge on any atom is 0.269 e. The molecule has 0 saturated carbocycles. The van der Waals surface area contributed by atoms with Crippen LogP contribution in [0.5, 0.6) is 0 Å². The van der Waals surface area contributed by atoms with E-state index in [1.807, 2.05) is 37.3 Å². The van der Waals surface area contributed by atoms with Crippen molar-refractivity contribution in [3.8, 4) is 0 Å². The highest BCUT2D eigenvalue weighted by Crippen LogP contribution is 2.15. The molecule has 0 aliphatic rings. The summed E-state index contributed by atoms with van der Waals surface area (Å²) in [5, 5.41) is 17.9. The molecule has 0 spiro atoms. The van der Waals surface area contributed by atoms with E-state index in [-0.39, 0.29) is 29.7 Å². The van der Waals surface area contributed by atoms with E-state index in [0.29, 0.717) is 30.6 Å². The van der Waals surface area contributed by atoms with Gasteiger partial charge in [-0.15, -0.1) is 24.0 Å². The van der Waals surface area contributed by atoms with Gasteiger partial charge in [0.15, 0.2) is 5.96 Å². The van der Waals surface area contributed by atoms with Gasteiger partial charge in [-0.05, 0) is 24.1 Å². The number of guanidine groups is 1. The van der Waals surface area contributed by atoms with E-state index >= 15 is 0 Å². The molecule has 0 aliphatic heterocycles. The monoisotopic (exact) mass is 474 g/mol. The van der Waals surface area contributed by atoms with Gasteiger partial charge in [-0.3, -0.25) is 10.1 Å². The summed E-state index contributed by atoms with van der Waals surface area (Å²) < 4.78 is 0. The fourth-order valence-corrected chi connectivity index (χ4v) is 2.30. The molecular weight excluding hydrogens is 455 g/mol. The molecule has 134 valence electrons. The van der Waals surface area contributed by atoms with E-state index in [4.69, 9.17) is 11.6 Å². The average Bonchev–Trinajstić information content (AvgIpc) is 2.59. The molecule has 0 aliphatic carbocycles. The lowest BCUT2D eigenvalue weighted by Crippen LogP contribution is -2.36. The number of nitro groups is 1. The molecule has 8 heteroatoms. The number of rotatable bonds is 6. The zero-order valence-corrected chi connectivity index (χ0v) is 16.8. The van der Waals surface area contributed by atoms with E-state index in [1.54, 1.807) is 6.07 Å². The van der Waals surface area contributed by atoms with Gasteiger partial charge in [0.25, 0.3) is 5.69 Å². The topological polar surface area (TPSA) is 79.6 Å². The van der Waals surface area contributed by atoms with Gasteiger partial charge in [0.2, 0.25) is 0 Å². The Bertz CT molecular complexity index is 740. The average molecular weight is 475 g/mol. The summed E-state index contributed by atoms with van der Waals surface area (Å²) in [5.74, 6) is 0.629. The van der Waals surface area contributed by atoms with Crippen LogP contribution in [0.25, 0.3) is 0 Å². The smallest absolute Gasteiger partial charge is 0.269 e. The molecule has 0 radical (unpaired) electrons. The van der Waals surface area contributed by atoms with Gasteiger partial charge in [-0.25, -0.2) is 4.99 Å². The molecular formula is C17H20ClIN4O2. The summed E-state index contributed by atoms with van der Waals surface area (Å²) in [5.41, 5.74) is 1.82. The minimum Gasteiger partial charge on any atom is -0.357 e. The van der Waals surface area contributed by atoms with Crippen molar-refractivity contribution in [2.75, 3.05) is 6.54 Å². The SMILES string of the molecule is CCNC(=NCc1cccc([N+](=O)[O-])c1)NCc1ccccc1Cl.I. The van der Waals surface area contributed by atoms with Crippen molar-refractivity contribution < 1.29 is 4.92 Å². The van der Waals surface area contributed by atoms with Gasteiger partial charge in [-0.2, -0.15) is 0 Å². The first-order valence-corrected chi connectivity index (χ1v) is 7.97.